The Labute approximate surface area is 167 Å². The van der Waals surface area contributed by atoms with Crippen LogP contribution in [0.2, 0.25) is 0 Å². The van der Waals surface area contributed by atoms with Crippen LogP contribution in [-0.4, -0.2) is 32.8 Å². The molecule has 28 heavy (non-hydrogen) atoms. The molecule has 1 fully saturated rings. The van der Waals surface area contributed by atoms with Gasteiger partial charge in [0.25, 0.3) is 5.69 Å². The monoisotopic (exact) mass is 395 g/mol. The Morgan fingerprint density at radius 3 is 2.36 bits per heavy atom. The van der Waals surface area contributed by atoms with Crippen molar-refractivity contribution in [1.82, 2.24) is 14.8 Å². The molecular weight excluding hydrogens is 374 g/mol. The number of para-hydroxylation sites is 1. The molecule has 0 radical (unpaired) electrons. The minimum absolute atomic E-state index is 0.105. The summed E-state index contributed by atoms with van der Waals surface area (Å²) in [6, 6.07) is 16.8. The van der Waals surface area contributed by atoms with Crippen molar-refractivity contribution >= 4 is 23.4 Å². The second-order valence-electron chi connectivity index (χ2n) is 6.71. The van der Waals surface area contributed by atoms with E-state index in [2.05, 4.69) is 31.8 Å². The number of nitro benzene ring substituents is 1. The second kappa shape index (κ2) is 8.43. The van der Waals surface area contributed by atoms with Crippen LogP contribution in [0.1, 0.15) is 24.8 Å². The summed E-state index contributed by atoms with van der Waals surface area (Å²) in [5.74, 6) is 1.56. The molecule has 0 saturated carbocycles. The number of nitrogens with zero attached hydrogens (tertiary/aromatic N) is 5. The third kappa shape index (κ3) is 4.01. The summed E-state index contributed by atoms with van der Waals surface area (Å²) in [5.41, 5.74) is 2.16. The molecule has 1 aromatic heterocycles. The molecule has 2 aromatic carbocycles. The molecule has 0 atom stereocenters. The first-order valence-electron chi connectivity index (χ1n) is 9.34. The minimum atomic E-state index is -0.381. The Bertz CT molecular complexity index is 937. The summed E-state index contributed by atoms with van der Waals surface area (Å²) in [6.07, 6.45) is 3.61. The Balaban J connectivity index is 1.59. The van der Waals surface area contributed by atoms with E-state index in [9.17, 15) is 10.1 Å². The fraction of sp³-hybridized carbons (Fsp3) is 0.300. The lowest BCUT2D eigenvalue weighted by atomic mass is 10.1. The van der Waals surface area contributed by atoms with Gasteiger partial charge in [-0.05, 0) is 37.0 Å². The van der Waals surface area contributed by atoms with Crippen molar-refractivity contribution in [1.29, 1.82) is 0 Å². The number of aromatic nitrogens is 3. The molecule has 0 amide bonds. The predicted molar refractivity (Wildman–Crippen MR) is 110 cm³/mol. The number of piperidine rings is 1. The van der Waals surface area contributed by atoms with Crippen LogP contribution < -0.4 is 4.90 Å². The Morgan fingerprint density at radius 1 is 0.964 bits per heavy atom. The maximum Gasteiger partial charge on any atom is 0.269 e. The third-order valence-corrected chi connectivity index (χ3v) is 5.78. The Kier molecular flexibility index (Phi) is 5.57. The SMILES string of the molecule is O=[N+]([O-])c1ccc(CSc2nnc(N3CCCCC3)n2-c2ccccc2)cc1. The average Bonchev–Trinajstić information content (AvgIpc) is 3.18. The molecule has 0 spiro atoms. The Hall–Kier alpha value is -2.87. The molecule has 1 aliphatic heterocycles. The van der Waals surface area contributed by atoms with Gasteiger partial charge in [-0.25, -0.2) is 0 Å². The van der Waals surface area contributed by atoms with Gasteiger partial charge in [0.2, 0.25) is 5.95 Å². The van der Waals surface area contributed by atoms with Crippen molar-refractivity contribution < 1.29 is 4.92 Å². The summed E-state index contributed by atoms with van der Waals surface area (Å²) < 4.78 is 2.11. The fourth-order valence-electron chi connectivity index (χ4n) is 3.32. The maximum atomic E-state index is 10.8. The van der Waals surface area contributed by atoms with E-state index < -0.39 is 0 Å². The van der Waals surface area contributed by atoms with Crippen LogP contribution in [-0.2, 0) is 5.75 Å². The zero-order valence-electron chi connectivity index (χ0n) is 15.4. The van der Waals surface area contributed by atoms with E-state index in [-0.39, 0.29) is 10.6 Å². The van der Waals surface area contributed by atoms with E-state index in [4.69, 9.17) is 0 Å². The summed E-state index contributed by atoms with van der Waals surface area (Å²) in [6.45, 7) is 2.00. The van der Waals surface area contributed by atoms with Crippen molar-refractivity contribution in [2.24, 2.45) is 0 Å². The van der Waals surface area contributed by atoms with Crippen molar-refractivity contribution in [2.75, 3.05) is 18.0 Å². The van der Waals surface area contributed by atoms with E-state index in [0.29, 0.717) is 5.75 Å². The van der Waals surface area contributed by atoms with E-state index in [0.717, 1.165) is 35.4 Å². The molecule has 144 valence electrons. The number of anilines is 1. The summed E-state index contributed by atoms with van der Waals surface area (Å²) >= 11 is 1.59. The normalized spacial score (nSPS) is 14.2. The van der Waals surface area contributed by atoms with E-state index >= 15 is 0 Å². The zero-order valence-corrected chi connectivity index (χ0v) is 16.2. The summed E-state index contributed by atoms with van der Waals surface area (Å²) in [5, 5.41) is 20.6. The topological polar surface area (TPSA) is 77.1 Å². The standard InChI is InChI=1S/C20H21N5O2S/c26-25(27)18-11-9-16(10-12-18)15-28-20-22-21-19(23-13-5-2-6-14-23)24(20)17-7-3-1-4-8-17/h1,3-4,7-12H,2,5-6,13-15H2. The number of hydrogen-bond acceptors (Lipinski definition) is 6. The first-order valence-corrected chi connectivity index (χ1v) is 10.3. The molecular formula is C20H21N5O2S. The largest absolute Gasteiger partial charge is 0.341 e. The average molecular weight is 395 g/mol. The number of nitro groups is 1. The lowest BCUT2D eigenvalue weighted by Crippen LogP contribution is -2.31. The van der Waals surface area contributed by atoms with E-state index in [1.54, 1.807) is 23.9 Å². The predicted octanol–water partition coefficient (Wildman–Crippen LogP) is 4.46. The van der Waals surface area contributed by atoms with Gasteiger partial charge in [-0.15, -0.1) is 10.2 Å². The highest BCUT2D eigenvalue weighted by Crippen LogP contribution is 2.30. The molecule has 1 aliphatic rings. The van der Waals surface area contributed by atoms with Crippen LogP contribution in [0, 0.1) is 10.1 Å². The van der Waals surface area contributed by atoms with Crippen LogP contribution in [0.5, 0.6) is 0 Å². The molecule has 4 rings (SSSR count). The molecule has 7 nitrogen and oxygen atoms in total. The number of thioether (sulfide) groups is 1. The summed E-state index contributed by atoms with van der Waals surface area (Å²) in [7, 11) is 0. The molecule has 0 bridgehead atoms. The van der Waals surface area contributed by atoms with Crippen molar-refractivity contribution in [2.45, 2.75) is 30.2 Å². The van der Waals surface area contributed by atoms with Crippen molar-refractivity contribution in [3.05, 3.63) is 70.3 Å². The van der Waals surface area contributed by atoms with Gasteiger partial charge in [0.15, 0.2) is 5.16 Å². The highest BCUT2D eigenvalue weighted by atomic mass is 32.2. The minimum Gasteiger partial charge on any atom is -0.341 e. The highest BCUT2D eigenvalue weighted by Gasteiger charge is 2.21. The molecule has 3 aromatic rings. The first kappa shape index (κ1) is 18.5. The smallest absolute Gasteiger partial charge is 0.269 e. The zero-order chi connectivity index (χ0) is 19.3. The maximum absolute atomic E-state index is 10.8. The van der Waals surface area contributed by atoms with Gasteiger partial charge in [0.1, 0.15) is 0 Å². The number of non-ortho nitro benzene ring substituents is 1. The van der Waals surface area contributed by atoms with Gasteiger partial charge in [0.05, 0.1) is 10.6 Å². The van der Waals surface area contributed by atoms with Crippen LogP contribution >= 0.6 is 11.8 Å². The highest BCUT2D eigenvalue weighted by molar-refractivity contribution is 7.98. The second-order valence-corrected chi connectivity index (χ2v) is 7.66. The van der Waals surface area contributed by atoms with E-state index in [1.807, 2.05) is 18.2 Å². The van der Waals surface area contributed by atoms with Gasteiger partial charge < -0.3 is 4.90 Å². The molecule has 2 heterocycles. The molecule has 0 N–H and O–H groups in total. The molecule has 0 unspecified atom stereocenters. The van der Waals surface area contributed by atoms with Gasteiger partial charge in [0, 0.05) is 31.0 Å². The van der Waals surface area contributed by atoms with E-state index in [1.165, 1.54) is 31.4 Å². The lowest BCUT2D eigenvalue weighted by molar-refractivity contribution is -0.384. The Morgan fingerprint density at radius 2 is 1.68 bits per heavy atom. The third-order valence-electron chi connectivity index (χ3n) is 4.78. The van der Waals surface area contributed by atoms with Gasteiger partial charge in [-0.1, -0.05) is 42.1 Å². The van der Waals surface area contributed by atoms with Gasteiger partial charge >= 0.3 is 0 Å². The molecule has 1 saturated heterocycles. The van der Waals surface area contributed by atoms with Crippen LogP contribution in [0.4, 0.5) is 11.6 Å². The summed E-state index contributed by atoms with van der Waals surface area (Å²) in [4.78, 5) is 12.7. The van der Waals surface area contributed by atoms with Crippen LogP contribution in [0.25, 0.3) is 5.69 Å². The molecule has 8 heteroatoms. The van der Waals surface area contributed by atoms with Crippen molar-refractivity contribution in [3.63, 3.8) is 0 Å². The lowest BCUT2D eigenvalue weighted by Gasteiger charge is -2.27. The quantitative estimate of drug-likeness (QED) is 0.348. The van der Waals surface area contributed by atoms with Gasteiger partial charge in [-0.3, -0.25) is 14.7 Å². The van der Waals surface area contributed by atoms with Crippen LogP contribution in [0.3, 0.4) is 0 Å². The fourth-order valence-corrected chi connectivity index (χ4v) is 4.22. The first-order chi connectivity index (χ1) is 13.7. The van der Waals surface area contributed by atoms with Crippen LogP contribution in [0.15, 0.2) is 59.8 Å². The number of rotatable bonds is 6. The van der Waals surface area contributed by atoms with Gasteiger partial charge in [-0.2, -0.15) is 0 Å². The van der Waals surface area contributed by atoms with Crippen molar-refractivity contribution in [3.8, 4) is 5.69 Å². The molecule has 0 aliphatic carbocycles. The number of hydrogen-bond donors (Lipinski definition) is 0. The number of benzene rings is 2.